The average molecular weight is 224 g/mol. The number of hydrogen-bond donors (Lipinski definition) is 2. The van der Waals surface area contributed by atoms with Crippen molar-refractivity contribution in [2.75, 3.05) is 13.1 Å². The summed E-state index contributed by atoms with van der Waals surface area (Å²) in [7, 11) is 0. The molecule has 0 fully saturated rings. The number of urea groups is 1. The van der Waals surface area contributed by atoms with Crippen LogP contribution in [0.15, 0.2) is 18.7 Å². The van der Waals surface area contributed by atoms with E-state index in [2.05, 4.69) is 15.6 Å². The van der Waals surface area contributed by atoms with E-state index < -0.39 is 0 Å². The molecule has 5 heteroatoms. The number of unbranched alkanes of at least 4 members (excludes halogenated alkanes) is 1. The topological polar surface area (TPSA) is 59.0 Å². The zero-order chi connectivity index (χ0) is 11.6. The van der Waals surface area contributed by atoms with E-state index >= 15 is 0 Å². The standard InChI is InChI=1S/C11H20N4O/c1-2-5-13-11(16)14-6-3-4-8-15-9-7-12-10-15/h7,9-10H,2-6,8H2,1H3,(H2,13,14,16). The maximum atomic E-state index is 11.2. The van der Waals surface area contributed by atoms with Gasteiger partial charge in [-0.3, -0.25) is 0 Å². The van der Waals surface area contributed by atoms with E-state index in [4.69, 9.17) is 0 Å². The Hall–Kier alpha value is -1.52. The molecule has 0 aliphatic rings. The summed E-state index contributed by atoms with van der Waals surface area (Å²) in [6, 6.07) is -0.0653. The lowest BCUT2D eigenvalue weighted by molar-refractivity contribution is 0.240. The first-order valence-corrected chi connectivity index (χ1v) is 5.80. The molecular weight excluding hydrogens is 204 g/mol. The molecule has 2 amide bonds. The summed E-state index contributed by atoms with van der Waals surface area (Å²) in [5.41, 5.74) is 0. The van der Waals surface area contributed by atoms with E-state index in [1.54, 1.807) is 12.5 Å². The maximum absolute atomic E-state index is 11.2. The Bertz CT molecular complexity index is 284. The molecule has 0 aliphatic carbocycles. The minimum absolute atomic E-state index is 0.0653. The van der Waals surface area contributed by atoms with Gasteiger partial charge in [-0.25, -0.2) is 9.78 Å². The molecule has 0 bridgehead atoms. The number of carbonyl (C=O) groups is 1. The molecule has 0 aliphatic heterocycles. The summed E-state index contributed by atoms with van der Waals surface area (Å²) in [6.45, 7) is 4.45. The monoisotopic (exact) mass is 224 g/mol. The molecule has 1 heterocycles. The van der Waals surface area contributed by atoms with Gasteiger partial charge < -0.3 is 15.2 Å². The van der Waals surface area contributed by atoms with Crippen molar-refractivity contribution in [3.05, 3.63) is 18.7 Å². The lowest BCUT2D eigenvalue weighted by atomic mass is 10.3. The van der Waals surface area contributed by atoms with Crippen molar-refractivity contribution in [1.29, 1.82) is 0 Å². The number of imidazole rings is 1. The molecule has 16 heavy (non-hydrogen) atoms. The van der Waals surface area contributed by atoms with Crippen LogP contribution >= 0.6 is 0 Å². The molecule has 1 rings (SSSR count). The average Bonchev–Trinajstić information content (AvgIpc) is 2.79. The lowest BCUT2D eigenvalue weighted by Crippen LogP contribution is -2.36. The van der Waals surface area contributed by atoms with Gasteiger partial charge in [0.15, 0.2) is 0 Å². The molecule has 1 aromatic heterocycles. The molecule has 0 radical (unpaired) electrons. The molecule has 1 aromatic rings. The molecule has 0 saturated carbocycles. The molecule has 5 nitrogen and oxygen atoms in total. The highest BCUT2D eigenvalue weighted by Crippen LogP contribution is 1.93. The first kappa shape index (κ1) is 12.5. The van der Waals surface area contributed by atoms with E-state index in [0.29, 0.717) is 0 Å². The quantitative estimate of drug-likeness (QED) is 0.687. The number of nitrogens with one attached hydrogen (secondary N) is 2. The van der Waals surface area contributed by atoms with Gasteiger partial charge >= 0.3 is 6.03 Å². The van der Waals surface area contributed by atoms with E-state index in [-0.39, 0.29) is 6.03 Å². The molecule has 0 saturated heterocycles. The van der Waals surface area contributed by atoms with Crippen LogP contribution in [0, 0.1) is 0 Å². The van der Waals surface area contributed by atoms with Crippen LogP contribution in [-0.2, 0) is 6.54 Å². The smallest absolute Gasteiger partial charge is 0.314 e. The zero-order valence-electron chi connectivity index (χ0n) is 9.78. The predicted octanol–water partition coefficient (Wildman–Crippen LogP) is 1.37. The Morgan fingerprint density at radius 3 is 2.81 bits per heavy atom. The fourth-order valence-corrected chi connectivity index (χ4v) is 1.34. The van der Waals surface area contributed by atoms with Crippen molar-refractivity contribution < 1.29 is 4.79 Å². The second-order valence-electron chi connectivity index (χ2n) is 3.69. The van der Waals surface area contributed by atoms with Crippen LogP contribution < -0.4 is 10.6 Å². The Balaban J connectivity index is 1.93. The van der Waals surface area contributed by atoms with Crippen LogP contribution in [0.2, 0.25) is 0 Å². The van der Waals surface area contributed by atoms with Crippen molar-refractivity contribution in [3.63, 3.8) is 0 Å². The molecule has 0 atom stereocenters. The summed E-state index contributed by atoms with van der Waals surface area (Å²) in [6.07, 6.45) is 8.52. The van der Waals surface area contributed by atoms with Crippen molar-refractivity contribution in [3.8, 4) is 0 Å². The van der Waals surface area contributed by atoms with E-state index in [0.717, 1.165) is 38.9 Å². The summed E-state index contributed by atoms with van der Waals surface area (Å²) in [5.74, 6) is 0. The van der Waals surface area contributed by atoms with Gasteiger partial charge in [0.2, 0.25) is 0 Å². The fourth-order valence-electron chi connectivity index (χ4n) is 1.34. The SMILES string of the molecule is CCCNC(=O)NCCCCn1ccnc1. The molecular formula is C11H20N4O. The summed E-state index contributed by atoms with van der Waals surface area (Å²) >= 11 is 0. The van der Waals surface area contributed by atoms with Crippen LogP contribution in [0.25, 0.3) is 0 Å². The van der Waals surface area contributed by atoms with Crippen molar-refractivity contribution in [2.24, 2.45) is 0 Å². The first-order valence-electron chi connectivity index (χ1n) is 5.80. The number of rotatable bonds is 7. The van der Waals surface area contributed by atoms with Gasteiger partial charge in [0.05, 0.1) is 6.33 Å². The third-order valence-electron chi connectivity index (χ3n) is 2.22. The normalized spacial score (nSPS) is 10.1. The molecule has 0 spiro atoms. The van der Waals surface area contributed by atoms with Crippen LogP contribution in [0.4, 0.5) is 4.79 Å². The second-order valence-corrected chi connectivity index (χ2v) is 3.69. The van der Waals surface area contributed by atoms with E-state index in [1.807, 2.05) is 17.7 Å². The molecule has 0 aromatic carbocycles. The van der Waals surface area contributed by atoms with Crippen LogP contribution in [-0.4, -0.2) is 28.7 Å². The van der Waals surface area contributed by atoms with E-state index in [9.17, 15) is 4.79 Å². The minimum Gasteiger partial charge on any atom is -0.338 e. The van der Waals surface area contributed by atoms with Gasteiger partial charge in [0.25, 0.3) is 0 Å². The number of hydrogen-bond acceptors (Lipinski definition) is 2. The van der Waals surface area contributed by atoms with E-state index in [1.165, 1.54) is 0 Å². The Morgan fingerprint density at radius 1 is 1.31 bits per heavy atom. The summed E-state index contributed by atoms with van der Waals surface area (Å²) in [5, 5.41) is 5.59. The molecule has 90 valence electrons. The maximum Gasteiger partial charge on any atom is 0.314 e. The molecule has 2 N–H and O–H groups in total. The highest BCUT2D eigenvalue weighted by atomic mass is 16.2. The molecule has 0 unspecified atom stereocenters. The summed E-state index contributed by atoms with van der Waals surface area (Å²) < 4.78 is 2.04. The Kier molecular flexibility index (Phi) is 6.06. The number of amides is 2. The van der Waals surface area contributed by atoms with Gasteiger partial charge in [0.1, 0.15) is 0 Å². The van der Waals surface area contributed by atoms with Gasteiger partial charge in [0, 0.05) is 32.0 Å². The zero-order valence-corrected chi connectivity index (χ0v) is 9.78. The minimum atomic E-state index is -0.0653. The third kappa shape index (κ3) is 5.38. The Morgan fingerprint density at radius 2 is 2.12 bits per heavy atom. The highest BCUT2D eigenvalue weighted by molar-refractivity contribution is 5.73. The first-order chi connectivity index (χ1) is 7.83. The number of carbonyl (C=O) groups excluding carboxylic acids is 1. The highest BCUT2D eigenvalue weighted by Gasteiger charge is 1.97. The van der Waals surface area contributed by atoms with Crippen molar-refractivity contribution in [1.82, 2.24) is 20.2 Å². The van der Waals surface area contributed by atoms with Crippen LogP contribution in [0.1, 0.15) is 26.2 Å². The van der Waals surface area contributed by atoms with Gasteiger partial charge in [-0.1, -0.05) is 6.92 Å². The van der Waals surface area contributed by atoms with Gasteiger partial charge in [-0.05, 0) is 19.3 Å². The van der Waals surface area contributed by atoms with Crippen LogP contribution in [0.5, 0.6) is 0 Å². The fraction of sp³-hybridized carbons (Fsp3) is 0.636. The largest absolute Gasteiger partial charge is 0.338 e. The second kappa shape index (κ2) is 7.73. The van der Waals surface area contributed by atoms with Gasteiger partial charge in [-0.15, -0.1) is 0 Å². The number of aromatic nitrogens is 2. The lowest BCUT2D eigenvalue weighted by Gasteiger charge is -2.06. The predicted molar refractivity (Wildman–Crippen MR) is 63.2 cm³/mol. The summed E-state index contributed by atoms with van der Waals surface area (Å²) in [4.78, 5) is 15.1. The van der Waals surface area contributed by atoms with Crippen LogP contribution in [0.3, 0.4) is 0 Å². The van der Waals surface area contributed by atoms with Crippen molar-refractivity contribution >= 4 is 6.03 Å². The number of nitrogens with zero attached hydrogens (tertiary/aromatic N) is 2. The number of aryl methyl sites for hydroxylation is 1. The van der Waals surface area contributed by atoms with Crippen molar-refractivity contribution in [2.45, 2.75) is 32.7 Å². The Labute approximate surface area is 96.3 Å². The van der Waals surface area contributed by atoms with Gasteiger partial charge in [-0.2, -0.15) is 0 Å². The third-order valence-corrected chi connectivity index (χ3v) is 2.22.